The highest BCUT2D eigenvalue weighted by Gasteiger charge is 2.36. The maximum atomic E-state index is 13.0. The number of piperidine rings is 1. The Hall–Kier alpha value is -1.42. The van der Waals surface area contributed by atoms with E-state index in [4.69, 9.17) is 5.73 Å². The van der Waals surface area contributed by atoms with Gasteiger partial charge >= 0.3 is 0 Å². The second-order valence-electron chi connectivity index (χ2n) is 5.26. The van der Waals surface area contributed by atoms with Crippen molar-refractivity contribution in [1.82, 2.24) is 4.90 Å². The van der Waals surface area contributed by atoms with Crippen LogP contribution in [0.3, 0.4) is 0 Å². The highest BCUT2D eigenvalue weighted by atomic mass is 19.1. The number of hydrogen-bond donors (Lipinski definition) is 1. The molecule has 3 nitrogen and oxygen atoms in total. The molecule has 1 aromatic rings. The largest absolute Gasteiger partial charge is 0.331 e. The Balaban J connectivity index is 2.36. The average Bonchev–Trinajstić information content (AvgIpc) is 2.41. The molecule has 1 heterocycles. The number of nitrogens with zero attached hydrogens (tertiary/aromatic N) is 1. The summed E-state index contributed by atoms with van der Waals surface area (Å²) in [6.45, 7) is 4.09. The third kappa shape index (κ3) is 2.78. The summed E-state index contributed by atoms with van der Waals surface area (Å²) < 4.78 is 13.0. The monoisotopic (exact) mass is 264 g/mol. The zero-order valence-corrected chi connectivity index (χ0v) is 11.5. The summed E-state index contributed by atoms with van der Waals surface area (Å²) in [6, 6.07) is 6.23. The minimum absolute atomic E-state index is 0.0860. The summed E-state index contributed by atoms with van der Waals surface area (Å²) in [7, 11) is 0. The Morgan fingerprint density at radius 3 is 2.63 bits per heavy atom. The average molecular weight is 264 g/mol. The molecule has 3 unspecified atom stereocenters. The highest BCUT2D eigenvalue weighted by Crippen LogP contribution is 2.33. The van der Waals surface area contributed by atoms with E-state index in [1.54, 1.807) is 12.1 Å². The molecule has 0 aliphatic carbocycles. The number of rotatable bonds is 3. The molecule has 0 bridgehead atoms. The molecule has 0 saturated carbocycles. The van der Waals surface area contributed by atoms with E-state index in [0.717, 1.165) is 12.0 Å². The Kier molecular flexibility index (Phi) is 4.20. The molecule has 3 atom stereocenters. The van der Waals surface area contributed by atoms with E-state index < -0.39 is 0 Å². The van der Waals surface area contributed by atoms with Gasteiger partial charge in [-0.3, -0.25) is 4.79 Å². The fourth-order valence-corrected chi connectivity index (χ4v) is 2.72. The second-order valence-corrected chi connectivity index (χ2v) is 5.26. The van der Waals surface area contributed by atoms with Gasteiger partial charge in [-0.15, -0.1) is 0 Å². The Labute approximate surface area is 113 Å². The van der Waals surface area contributed by atoms with Gasteiger partial charge in [0.15, 0.2) is 0 Å². The van der Waals surface area contributed by atoms with Crippen LogP contribution in [0.2, 0.25) is 0 Å². The van der Waals surface area contributed by atoms with Crippen molar-refractivity contribution in [3.8, 4) is 0 Å². The van der Waals surface area contributed by atoms with Crippen molar-refractivity contribution in [3.63, 3.8) is 0 Å². The quantitative estimate of drug-likeness (QED) is 0.912. The van der Waals surface area contributed by atoms with Crippen LogP contribution in [0.25, 0.3) is 0 Å². The van der Waals surface area contributed by atoms with E-state index in [1.807, 2.05) is 11.8 Å². The molecule has 1 aliphatic heterocycles. The minimum Gasteiger partial charge on any atom is -0.331 e. The van der Waals surface area contributed by atoms with Crippen molar-refractivity contribution in [2.45, 2.75) is 51.2 Å². The fraction of sp³-hybridized carbons (Fsp3) is 0.533. The first-order valence-corrected chi connectivity index (χ1v) is 6.86. The zero-order valence-electron chi connectivity index (χ0n) is 11.5. The molecule has 1 aliphatic rings. The Morgan fingerprint density at radius 2 is 2.05 bits per heavy atom. The first kappa shape index (κ1) is 14.0. The van der Waals surface area contributed by atoms with E-state index in [9.17, 15) is 9.18 Å². The predicted molar refractivity (Wildman–Crippen MR) is 72.9 cm³/mol. The standard InChI is InChI=1S/C15H21FN2O/c1-3-10(2)18-14(19)9-8-13(17)15(18)11-4-6-12(16)7-5-11/h4-7,10,13,15H,3,8-9,17H2,1-2H3. The molecule has 0 aromatic heterocycles. The minimum atomic E-state index is -0.269. The summed E-state index contributed by atoms with van der Waals surface area (Å²) in [5.41, 5.74) is 7.13. The van der Waals surface area contributed by atoms with Crippen LogP contribution < -0.4 is 5.73 Å². The first-order chi connectivity index (χ1) is 9.04. The summed E-state index contributed by atoms with van der Waals surface area (Å²) in [5, 5.41) is 0. The summed E-state index contributed by atoms with van der Waals surface area (Å²) in [4.78, 5) is 14.1. The van der Waals surface area contributed by atoms with Gasteiger partial charge in [0.1, 0.15) is 5.82 Å². The molecule has 2 N–H and O–H groups in total. The van der Waals surface area contributed by atoms with Crippen molar-refractivity contribution >= 4 is 5.91 Å². The molecule has 0 radical (unpaired) electrons. The lowest BCUT2D eigenvalue weighted by atomic mass is 9.89. The third-order valence-corrected chi connectivity index (χ3v) is 3.96. The second kappa shape index (κ2) is 5.70. The number of carbonyl (C=O) groups is 1. The summed E-state index contributed by atoms with van der Waals surface area (Å²) in [6.07, 6.45) is 2.08. The molecular formula is C15H21FN2O. The lowest BCUT2D eigenvalue weighted by Gasteiger charge is -2.43. The molecule has 1 aromatic carbocycles. The molecule has 19 heavy (non-hydrogen) atoms. The molecular weight excluding hydrogens is 243 g/mol. The molecule has 2 rings (SSSR count). The van der Waals surface area contributed by atoms with E-state index in [1.165, 1.54) is 12.1 Å². The third-order valence-electron chi connectivity index (χ3n) is 3.96. The smallest absolute Gasteiger partial charge is 0.223 e. The van der Waals surface area contributed by atoms with E-state index >= 15 is 0 Å². The number of benzene rings is 1. The van der Waals surface area contributed by atoms with Crippen molar-refractivity contribution in [2.75, 3.05) is 0 Å². The van der Waals surface area contributed by atoms with Crippen LogP contribution in [0.4, 0.5) is 4.39 Å². The van der Waals surface area contributed by atoms with Gasteiger partial charge in [-0.05, 0) is 37.5 Å². The number of likely N-dealkylation sites (tertiary alicyclic amines) is 1. The van der Waals surface area contributed by atoms with Gasteiger partial charge in [0.05, 0.1) is 6.04 Å². The van der Waals surface area contributed by atoms with Crippen LogP contribution in [0.5, 0.6) is 0 Å². The molecule has 4 heteroatoms. The van der Waals surface area contributed by atoms with Crippen LogP contribution >= 0.6 is 0 Å². The van der Waals surface area contributed by atoms with Gasteiger partial charge in [0.25, 0.3) is 0 Å². The maximum Gasteiger partial charge on any atom is 0.223 e. The topological polar surface area (TPSA) is 46.3 Å². The molecule has 0 spiro atoms. The van der Waals surface area contributed by atoms with Crippen molar-refractivity contribution in [3.05, 3.63) is 35.6 Å². The van der Waals surface area contributed by atoms with Gasteiger partial charge in [-0.25, -0.2) is 4.39 Å². The van der Waals surface area contributed by atoms with E-state index in [0.29, 0.717) is 12.8 Å². The lowest BCUT2D eigenvalue weighted by Crippen LogP contribution is -2.52. The van der Waals surface area contributed by atoms with Gasteiger partial charge in [0, 0.05) is 18.5 Å². The van der Waals surface area contributed by atoms with Crippen LogP contribution in [0.1, 0.15) is 44.7 Å². The molecule has 1 saturated heterocycles. The number of amides is 1. The van der Waals surface area contributed by atoms with Gasteiger partial charge in [0.2, 0.25) is 5.91 Å². The van der Waals surface area contributed by atoms with Crippen molar-refractivity contribution in [2.24, 2.45) is 5.73 Å². The van der Waals surface area contributed by atoms with E-state index in [-0.39, 0.29) is 29.8 Å². The number of carbonyl (C=O) groups excluding carboxylic acids is 1. The molecule has 104 valence electrons. The van der Waals surface area contributed by atoms with Crippen LogP contribution in [0, 0.1) is 5.82 Å². The van der Waals surface area contributed by atoms with Crippen molar-refractivity contribution in [1.29, 1.82) is 0 Å². The van der Waals surface area contributed by atoms with Crippen LogP contribution in [0.15, 0.2) is 24.3 Å². The predicted octanol–water partition coefficient (Wildman–Crippen LogP) is 2.62. The highest BCUT2D eigenvalue weighted by molar-refractivity contribution is 5.78. The van der Waals surface area contributed by atoms with Gasteiger partial charge in [-0.1, -0.05) is 19.1 Å². The SMILES string of the molecule is CCC(C)N1C(=O)CCC(N)C1c1ccc(F)cc1. The summed E-state index contributed by atoms with van der Waals surface area (Å²) in [5.74, 6) is -0.125. The van der Waals surface area contributed by atoms with E-state index in [2.05, 4.69) is 6.92 Å². The fourth-order valence-electron chi connectivity index (χ4n) is 2.72. The van der Waals surface area contributed by atoms with Crippen LogP contribution in [-0.2, 0) is 4.79 Å². The van der Waals surface area contributed by atoms with Gasteiger partial charge in [-0.2, -0.15) is 0 Å². The molecule has 1 amide bonds. The molecule has 1 fully saturated rings. The maximum absolute atomic E-state index is 13.0. The number of hydrogen-bond acceptors (Lipinski definition) is 2. The normalized spacial score (nSPS) is 25.5. The first-order valence-electron chi connectivity index (χ1n) is 6.86. The van der Waals surface area contributed by atoms with Gasteiger partial charge < -0.3 is 10.6 Å². The number of halogens is 1. The van der Waals surface area contributed by atoms with Crippen LogP contribution in [-0.4, -0.2) is 22.9 Å². The number of nitrogens with two attached hydrogens (primary N) is 1. The lowest BCUT2D eigenvalue weighted by molar-refractivity contribution is -0.140. The zero-order chi connectivity index (χ0) is 14.0. The van der Waals surface area contributed by atoms with Crippen molar-refractivity contribution < 1.29 is 9.18 Å². The Bertz CT molecular complexity index is 446. The Morgan fingerprint density at radius 1 is 1.42 bits per heavy atom. The summed E-state index contributed by atoms with van der Waals surface area (Å²) >= 11 is 0.